The Kier molecular flexibility index (Phi) is 8.15. The smallest absolute Gasteiger partial charge is 0.406 e. The van der Waals surface area contributed by atoms with Crippen molar-refractivity contribution in [1.82, 2.24) is 5.32 Å². The van der Waals surface area contributed by atoms with Crippen LogP contribution < -0.4 is 20.3 Å². The van der Waals surface area contributed by atoms with Crippen LogP contribution in [0.1, 0.15) is 18.1 Å². The Labute approximate surface area is 257 Å². The molecular weight excluding hydrogens is 641 g/mol. The first-order chi connectivity index (χ1) is 19.7. The second-order valence-electron chi connectivity index (χ2n) is 9.94. The fourth-order valence-electron chi connectivity index (χ4n) is 5.85. The number of imide groups is 1. The first-order valence-corrected chi connectivity index (χ1v) is 13.9. The molecule has 0 aromatic heterocycles. The van der Waals surface area contributed by atoms with Gasteiger partial charge in [-0.1, -0.05) is 71.5 Å². The number of hydrogen-bond acceptors (Lipinski definition) is 5. The normalized spacial score (nSPS) is 23.0. The van der Waals surface area contributed by atoms with Gasteiger partial charge in [0.25, 0.3) is 0 Å². The van der Waals surface area contributed by atoms with E-state index in [1.54, 1.807) is 6.92 Å². The van der Waals surface area contributed by atoms with Crippen LogP contribution in [0.5, 0.6) is 5.75 Å². The lowest BCUT2D eigenvalue weighted by Crippen LogP contribution is -2.49. The van der Waals surface area contributed by atoms with E-state index in [0.717, 1.165) is 11.0 Å². The molecule has 0 saturated carbocycles. The second-order valence-corrected chi connectivity index (χ2v) is 11.7. The molecule has 1 spiro atoms. The van der Waals surface area contributed by atoms with Crippen LogP contribution in [0, 0.1) is 11.8 Å². The maximum atomic E-state index is 14.2. The van der Waals surface area contributed by atoms with E-state index in [2.05, 4.69) is 15.4 Å². The summed E-state index contributed by atoms with van der Waals surface area (Å²) in [6.07, 6.45) is -4.87. The lowest BCUT2D eigenvalue weighted by molar-refractivity contribution is -0.274. The van der Waals surface area contributed by atoms with Crippen molar-refractivity contribution < 1.29 is 32.3 Å². The van der Waals surface area contributed by atoms with E-state index in [9.17, 15) is 27.6 Å². The maximum absolute atomic E-state index is 14.2. The summed E-state index contributed by atoms with van der Waals surface area (Å²) in [6.45, 7) is 1.63. The van der Waals surface area contributed by atoms with Gasteiger partial charge < -0.3 is 10.1 Å². The Hall–Kier alpha value is -3.02. The van der Waals surface area contributed by atoms with E-state index < -0.39 is 47.3 Å². The number of rotatable bonds is 6. The summed E-state index contributed by atoms with van der Waals surface area (Å²) in [4.78, 5) is 41.0. The van der Waals surface area contributed by atoms with Gasteiger partial charge in [0.1, 0.15) is 11.3 Å². The molecule has 2 aliphatic rings. The minimum absolute atomic E-state index is 0.0718. The molecule has 3 aromatic rings. The highest BCUT2D eigenvalue weighted by atomic mass is 35.5. The quantitative estimate of drug-likeness (QED) is 0.278. The van der Waals surface area contributed by atoms with Gasteiger partial charge in [-0.15, -0.1) is 13.2 Å². The number of hydrogen-bond donors (Lipinski definition) is 2. The molecule has 1 saturated heterocycles. The van der Waals surface area contributed by atoms with Crippen LogP contribution in [0.15, 0.2) is 54.6 Å². The zero-order valence-corrected chi connectivity index (χ0v) is 24.5. The van der Waals surface area contributed by atoms with E-state index in [1.807, 2.05) is 0 Å². The average Bonchev–Trinajstić information content (AvgIpc) is 3.33. The van der Waals surface area contributed by atoms with Crippen molar-refractivity contribution in [3.8, 4) is 5.75 Å². The highest BCUT2D eigenvalue weighted by molar-refractivity contribution is 6.38. The molecule has 2 heterocycles. The van der Waals surface area contributed by atoms with Crippen molar-refractivity contribution >= 4 is 76.0 Å². The first kappa shape index (κ1) is 30.4. The predicted octanol–water partition coefficient (Wildman–Crippen LogP) is 7.00. The number of nitrogens with zero attached hydrogens (tertiary/aromatic N) is 1. The molecule has 0 aliphatic carbocycles. The van der Waals surface area contributed by atoms with E-state index in [1.165, 1.54) is 48.5 Å². The van der Waals surface area contributed by atoms with Gasteiger partial charge in [0.15, 0.2) is 0 Å². The number of para-hydroxylation sites is 1. The topological polar surface area (TPSA) is 87.7 Å². The van der Waals surface area contributed by atoms with Crippen LogP contribution in [0.25, 0.3) is 0 Å². The fraction of sp³-hybridized carbons (Fsp3) is 0.250. The summed E-state index contributed by atoms with van der Waals surface area (Å²) < 4.78 is 43.8. The van der Waals surface area contributed by atoms with E-state index in [4.69, 9.17) is 46.4 Å². The third kappa shape index (κ3) is 5.42. The van der Waals surface area contributed by atoms with Crippen LogP contribution in [0.2, 0.25) is 20.1 Å². The molecule has 42 heavy (non-hydrogen) atoms. The summed E-state index contributed by atoms with van der Waals surface area (Å²) >= 11 is 24.9. The lowest BCUT2D eigenvalue weighted by Gasteiger charge is -2.30. The van der Waals surface area contributed by atoms with Gasteiger partial charge >= 0.3 is 6.36 Å². The van der Waals surface area contributed by atoms with Crippen molar-refractivity contribution in [1.29, 1.82) is 0 Å². The van der Waals surface area contributed by atoms with Crippen molar-refractivity contribution in [2.45, 2.75) is 31.3 Å². The predicted molar refractivity (Wildman–Crippen MR) is 153 cm³/mol. The molecule has 220 valence electrons. The number of carbonyl (C=O) groups is 3. The number of nitrogens with one attached hydrogen (secondary N) is 2. The van der Waals surface area contributed by atoms with Gasteiger partial charge in [-0.3, -0.25) is 24.6 Å². The standard InChI is InChI=1S/C28H20Cl4F3N3O4/c1-13-23(25(40)38(12-39)18-8-15(29)7-16(30)9-18)21(6-14-4-2-3-5-22(14)42-28(33,34)35)37-27(13)19-10-17(31)11-20(32)24(19)36-26(27)41/h2-5,7-13,21,23,37H,6H2,1H3,(H,36,41). The molecule has 0 bridgehead atoms. The molecular formula is C28H20Cl4F3N3O4. The zero-order chi connectivity index (χ0) is 30.6. The Bertz CT molecular complexity index is 1580. The molecule has 5 rings (SSSR count). The van der Waals surface area contributed by atoms with Gasteiger partial charge in [0, 0.05) is 32.6 Å². The van der Waals surface area contributed by atoms with Gasteiger partial charge in [-0.05, 0) is 48.4 Å². The number of benzene rings is 3. The van der Waals surface area contributed by atoms with Crippen molar-refractivity contribution in [2.75, 3.05) is 10.2 Å². The molecule has 4 atom stereocenters. The Balaban J connectivity index is 1.63. The van der Waals surface area contributed by atoms with Crippen molar-refractivity contribution in [3.05, 3.63) is 85.8 Å². The number of anilines is 2. The summed E-state index contributed by atoms with van der Waals surface area (Å²) in [7, 11) is 0. The van der Waals surface area contributed by atoms with Crippen molar-refractivity contribution in [2.24, 2.45) is 11.8 Å². The molecule has 3 amide bonds. The van der Waals surface area contributed by atoms with Crippen LogP contribution in [0.3, 0.4) is 0 Å². The molecule has 1 fully saturated rings. The van der Waals surface area contributed by atoms with Crippen LogP contribution >= 0.6 is 46.4 Å². The van der Waals surface area contributed by atoms with E-state index in [-0.39, 0.29) is 49.9 Å². The molecule has 7 nitrogen and oxygen atoms in total. The maximum Gasteiger partial charge on any atom is 0.573 e. The second kappa shape index (κ2) is 11.2. The van der Waals surface area contributed by atoms with Gasteiger partial charge in [-0.2, -0.15) is 0 Å². The number of amides is 3. The molecule has 2 N–H and O–H groups in total. The minimum Gasteiger partial charge on any atom is -0.406 e. The van der Waals surface area contributed by atoms with Crippen LogP contribution in [0.4, 0.5) is 24.5 Å². The Morgan fingerprint density at radius 3 is 2.33 bits per heavy atom. The minimum atomic E-state index is -4.97. The summed E-state index contributed by atoms with van der Waals surface area (Å²) in [6, 6.07) is 11.6. The van der Waals surface area contributed by atoms with E-state index >= 15 is 0 Å². The number of halogens is 7. The van der Waals surface area contributed by atoms with Crippen molar-refractivity contribution in [3.63, 3.8) is 0 Å². The average molecular weight is 661 g/mol. The number of alkyl halides is 3. The fourth-order valence-corrected chi connectivity index (χ4v) is 6.90. The Morgan fingerprint density at radius 1 is 1.05 bits per heavy atom. The molecule has 2 aliphatic heterocycles. The van der Waals surface area contributed by atoms with E-state index in [0.29, 0.717) is 5.56 Å². The summed E-state index contributed by atoms with van der Waals surface area (Å²) in [5.74, 6) is -3.76. The lowest BCUT2D eigenvalue weighted by atomic mass is 9.75. The monoisotopic (exact) mass is 659 g/mol. The zero-order valence-electron chi connectivity index (χ0n) is 21.4. The SMILES string of the molecule is CC1C(C(=O)N(C=O)c2cc(Cl)cc(Cl)c2)C(Cc2ccccc2OC(F)(F)F)NC12C(=O)Nc1c(Cl)cc(Cl)cc12. The number of carbonyl (C=O) groups excluding carboxylic acids is 3. The first-order valence-electron chi connectivity index (χ1n) is 12.4. The molecule has 3 aromatic carbocycles. The molecule has 14 heteroatoms. The van der Waals surface area contributed by atoms with Gasteiger partial charge in [0.2, 0.25) is 18.2 Å². The van der Waals surface area contributed by atoms with Crippen LogP contribution in [-0.2, 0) is 26.3 Å². The summed E-state index contributed by atoms with van der Waals surface area (Å²) in [5, 5.41) is 6.66. The third-order valence-electron chi connectivity index (χ3n) is 7.54. The van der Waals surface area contributed by atoms with Gasteiger partial charge in [-0.25, -0.2) is 0 Å². The highest BCUT2D eigenvalue weighted by Crippen LogP contribution is 2.52. The largest absolute Gasteiger partial charge is 0.573 e. The number of ether oxygens (including phenoxy) is 1. The molecule has 4 unspecified atom stereocenters. The Morgan fingerprint density at radius 2 is 1.69 bits per heavy atom. The molecule has 0 radical (unpaired) electrons. The third-order valence-corrected chi connectivity index (χ3v) is 8.49. The van der Waals surface area contributed by atoms with Crippen LogP contribution in [-0.4, -0.2) is 30.6 Å². The highest BCUT2D eigenvalue weighted by Gasteiger charge is 2.62. The van der Waals surface area contributed by atoms with Gasteiger partial charge in [0.05, 0.1) is 22.3 Å². The summed E-state index contributed by atoms with van der Waals surface area (Å²) in [5.41, 5.74) is -0.744. The number of fused-ring (bicyclic) bond motifs is 2.